The number of benzene rings is 1. The van der Waals surface area contributed by atoms with Gasteiger partial charge in [-0.25, -0.2) is 4.79 Å². The number of hydrogen-bond donors (Lipinski definition) is 2. The van der Waals surface area contributed by atoms with Crippen LogP contribution in [0.1, 0.15) is 10.4 Å². The minimum atomic E-state index is -0.921. The number of carboxylic acids is 1. The number of thiophene rings is 1. The summed E-state index contributed by atoms with van der Waals surface area (Å²) in [4.78, 5) is 10.7. The van der Waals surface area contributed by atoms with E-state index in [2.05, 4.69) is 15.9 Å². The lowest BCUT2D eigenvalue weighted by Crippen LogP contribution is -1.94. The largest absolute Gasteiger partial charge is 0.478 e. The highest BCUT2D eigenvalue weighted by atomic mass is 79.9. The monoisotopic (exact) mass is 271 g/mol. The molecule has 3 N–H and O–H groups in total. The Hall–Kier alpha value is -1.07. The summed E-state index contributed by atoms with van der Waals surface area (Å²) in [6.07, 6.45) is 0. The normalized spacial score (nSPS) is 10.6. The average molecular weight is 272 g/mol. The zero-order valence-electron chi connectivity index (χ0n) is 6.95. The molecule has 14 heavy (non-hydrogen) atoms. The number of nitrogens with two attached hydrogens (primary N) is 1. The van der Waals surface area contributed by atoms with Gasteiger partial charge in [0.05, 0.1) is 10.0 Å². The molecule has 0 fully saturated rings. The molecule has 0 amide bonds. The Morgan fingerprint density at radius 3 is 2.86 bits per heavy atom. The summed E-state index contributed by atoms with van der Waals surface area (Å²) in [5.74, 6) is -0.921. The van der Waals surface area contributed by atoms with E-state index in [1.165, 1.54) is 11.3 Å². The van der Waals surface area contributed by atoms with Gasteiger partial charge < -0.3 is 10.8 Å². The van der Waals surface area contributed by atoms with Gasteiger partial charge in [0.25, 0.3) is 0 Å². The molecule has 0 saturated heterocycles. The summed E-state index contributed by atoms with van der Waals surface area (Å²) >= 11 is 4.73. The van der Waals surface area contributed by atoms with Gasteiger partial charge in [-0.05, 0) is 28.1 Å². The first-order valence-electron chi connectivity index (χ1n) is 3.80. The van der Waals surface area contributed by atoms with Gasteiger partial charge in [0.1, 0.15) is 5.00 Å². The zero-order valence-corrected chi connectivity index (χ0v) is 9.35. The first kappa shape index (κ1) is 9.48. The molecule has 0 spiro atoms. The molecule has 5 heteroatoms. The van der Waals surface area contributed by atoms with Crippen LogP contribution in [0.25, 0.3) is 10.1 Å². The van der Waals surface area contributed by atoms with Crippen molar-refractivity contribution in [2.24, 2.45) is 0 Å². The van der Waals surface area contributed by atoms with Gasteiger partial charge in [0, 0.05) is 10.1 Å². The van der Waals surface area contributed by atoms with Crippen molar-refractivity contribution < 1.29 is 9.90 Å². The number of carboxylic acid groups (broad SMARTS) is 1. The second kappa shape index (κ2) is 3.25. The summed E-state index contributed by atoms with van der Waals surface area (Å²) in [5.41, 5.74) is 5.99. The summed E-state index contributed by atoms with van der Waals surface area (Å²) in [6, 6.07) is 4.96. The quantitative estimate of drug-likeness (QED) is 0.838. The van der Waals surface area contributed by atoms with Crippen LogP contribution in [-0.2, 0) is 0 Å². The van der Waals surface area contributed by atoms with E-state index in [1.807, 2.05) is 0 Å². The fourth-order valence-corrected chi connectivity index (χ4v) is 2.84. The standard InChI is InChI=1S/C9H6BrNO2S/c10-7-5-2-1-4(9(12)13)3-6(5)14-8(7)11/h1-3H,11H2,(H,12,13). The van der Waals surface area contributed by atoms with Gasteiger partial charge in [0.15, 0.2) is 0 Å². The van der Waals surface area contributed by atoms with Crippen molar-refractivity contribution >= 4 is 48.3 Å². The van der Waals surface area contributed by atoms with Crippen LogP contribution >= 0.6 is 27.3 Å². The highest BCUT2D eigenvalue weighted by molar-refractivity contribution is 9.10. The van der Waals surface area contributed by atoms with Crippen LogP contribution in [0.15, 0.2) is 22.7 Å². The number of hydrogen-bond acceptors (Lipinski definition) is 3. The van der Waals surface area contributed by atoms with Crippen molar-refractivity contribution in [3.63, 3.8) is 0 Å². The maximum absolute atomic E-state index is 10.7. The molecule has 0 aliphatic rings. The lowest BCUT2D eigenvalue weighted by molar-refractivity contribution is 0.0697. The summed E-state index contributed by atoms with van der Waals surface area (Å²) < 4.78 is 1.73. The average Bonchev–Trinajstić information content (AvgIpc) is 2.42. The topological polar surface area (TPSA) is 63.3 Å². The molecule has 3 nitrogen and oxygen atoms in total. The Labute approximate surface area is 92.3 Å². The minimum absolute atomic E-state index is 0.284. The van der Waals surface area contributed by atoms with E-state index in [9.17, 15) is 4.79 Å². The van der Waals surface area contributed by atoms with Crippen LogP contribution in [-0.4, -0.2) is 11.1 Å². The molecular weight excluding hydrogens is 266 g/mol. The van der Waals surface area contributed by atoms with Crippen LogP contribution in [0.3, 0.4) is 0 Å². The van der Waals surface area contributed by atoms with E-state index >= 15 is 0 Å². The Kier molecular flexibility index (Phi) is 2.20. The number of fused-ring (bicyclic) bond motifs is 1. The number of rotatable bonds is 1. The van der Waals surface area contributed by atoms with Crippen LogP contribution in [0.4, 0.5) is 5.00 Å². The fourth-order valence-electron chi connectivity index (χ4n) is 1.22. The Bertz CT molecular complexity index is 521. The Balaban J connectivity index is 2.73. The van der Waals surface area contributed by atoms with Crippen LogP contribution in [0, 0.1) is 0 Å². The molecule has 0 atom stereocenters. The van der Waals surface area contributed by atoms with Crippen LogP contribution in [0.2, 0.25) is 0 Å². The molecule has 0 unspecified atom stereocenters. The number of aromatic carboxylic acids is 1. The number of carbonyl (C=O) groups is 1. The molecule has 1 aromatic carbocycles. The van der Waals surface area contributed by atoms with E-state index < -0.39 is 5.97 Å². The number of nitrogen functional groups attached to an aromatic ring is 1. The number of anilines is 1. The van der Waals surface area contributed by atoms with Crippen molar-refractivity contribution in [3.05, 3.63) is 28.2 Å². The van der Waals surface area contributed by atoms with Crippen LogP contribution in [0.5, 0.6) is 0 Å². The summed E-state index contributed by atoms with van der Waals surface area (Å²) in [5, 5.41) is 10.4. The van der Waals surface area contributed by atoms with E-state index in [0.29, 0.717) is 5.00 Å². The van der Waals surface area contributed by atoms with Crippen LogP contribution < -0.4 is 5.73 Å². The van der Waals surface area contributed by atoms with Gasteiger partial charge in [-0.1, -0.05) is 6.07 Å². The maximum Gasteiger partial charge on any atom is 0.335 e. The molecule has 2 rings (SSSR count). The van der Waals surface area contributed by atoms with E-state index in [4.69, 9.17) is 10.8 Å². The van der Waals surface area contributed by atoms with E-state index in [1.54, 1.807) is 18.2 Å². The predicted octanol–water partition coefficient (Wildman–Crippen LogP) is 2.94. The van der Waals surface area contributed by atoms with Gasteiger partial charge in [0.2, 0.25) is 0 Å². The van der Waals surface area contributed by atoms with Crippen molar-refractivity contribution in [1.29, 1.82) is 0 Å². The molecule has 1 aromatic heterocycles. The molecule has 0 bridgehead atoms. The third-order valence-electron chi connectivity index (χ3n) is 1.90. The molecule has 2 aromatic rings. The summed E-state index contributed by atoms with van der Waals surface area (Å²) in [6.45, 7) is 0. The molecule has 0 saturated carbocycles. The lowest BCUT2D eigenvalue weighted by Gasteiger charge is -1.93. The minimum Gasteiger partial charge on any atom is -0.478 e. The van der Waals surface area contributed by atoms with Gasteiger partial charge >= 0.3 is 5.97 Å². The Morgan fingerprint density at radius 1 is 1.50 bits per heavy atom. The van der Waals surface area contributed by atoms with E-state index in [-0.39, 0.29) is 5.56 Å². The number of halogens is 1. The van der Waals surface area contributed by atoms with Gasteiger partial charge in [-0.3, -0.25) is 0 Å². The molecule has 1 heterocycles. The van der Waals surface area contributed by atoms with Gasteiger partial charge in [-0.2, -0.15) is 0 Å². The van der Waals surface area contributed by atoms with Crippen molar-refractivity contribution in [2.75, 3.05) is 5.73 Å². The molecule has 72 valence electrons. The highest BCUT2D eigenvalue weighted by Crippen LogP contribution is 2.37. The van der Waals surface area contributed by atoms with Crippen molar-refractivity contribution in [3.8, 4) is 0 Å². The first-order valence-corrected chi connectivity index (χ1v) is 5.41. The molecular formula is C9H6BrNO2S. The van der Waals surface area contributed by atoms with Crippen molar-refractivity contribution in [1.82, 2.24) is 0 Å². The third kappa shape index (κ3) is 1.38. The lowest BCUT2D eigenvalue weighted by atomic mass is 10.2. The fraction of sp³-hybridized carbons (Fsp3) is 0. The Morgan fingerprint density at radius 2 is 2.21 bits per heavy atom. The predicted molar refractivity (Wildman–Crippen MR) is 60.9 cm³/mol. The van der Waals surface area contributed by atoms with Crippen molar-refractivity contribution in [2.45, 2.75) is 0 Å². The zero-order chi connectivity index (χ0) is 10.3. The molecule has 0 radical (unpaired) electrons. The van der Waals surface area contributed by atoms with E-state index in [0.717, 1.165) is 14.6 Å². The smallest absolute Gasteiger partial charge is 0.335 e. The highest BCUT2D eigenvalue weighted by Gasteiger charge is 2.09. The maximum atomic E-state index is 10.7. The third-order valence-corrected chi connectivity index (χ3v) is 4.00. The molecule has 0 aliphatic heterocycles. The second-order valence-corrected chi connectivity index (χ2v) is 4.67. The first-order chi connectivity index (χ1) is 6.59. The second-order valence-electron chi connectivity index (χ2n) is 2.80. The molecule has 0 aliphatic carbocycles. The summed E-state index contributed by atoms with van der Waals surface area (Å²) in [7, 11) is 0. The SMILES string of the molecule is Nc1sc2cc(C(=O)O)ccc2c1Br. The van der Waals surface area contributed by atoms with Gasteiger partial charge in [-0.15, -0.1) is 11.3 Å².